The molecule has 21 heavy (non-hydrogen) atoms. The minimum absolute atomic E-state index is 0.0269. The molecule has 0 fully saturated rings. The summed E-state index contributed by atoms with van der Waals surface area (Å²) in [5.41, 5.74) is 1.13. The summed E-state index contributed by atoms with van der Waals surface area (Å²) in [6.45, 7) is 13.0. The molecule has 0 bridgehead atoms. The van der Waals surface area contributed by atoms with E-state index in [0.29, 0.717) is 6.42 Å². The van der Waals surface area contributed by atoms with Gasteiger partial charge in [0.05, 0.1) is 5.60 Å². The van der Waals surface area contributed by atoms with Crippen molar-refractivity contribution in [3.8, 4) is 0 Å². The van der Waals surface area contributed by atoms with Gasteiger partial charge in [-0.15, -0.1) is 0 Å². The summed E-state index contributed by atoms with van der Waals surface area (Å²) in [6.07, 6.45) is 12.1. The van der Waals surface area contributed by atoms with E-state index in [0.717, 1.165) is 17.8 Å². The zero-order valence-electron chi connectivity index (χ0n) is 14.3. The summed E-state index contributed by atoms with van der Waals surface area (Å²) in [7, 11) is 0. The van der Waals surface area contributed by atoms with Gasteiger partial charge in [0, 0.05) is 34.6 Å². The average molecular weight is 287 g/mol. The smallest absolute Gasteiger partial charge is 0.0997 e. The van der Waals surface area contributed by atoms with E-state index in [2.05, 4.69) is 65.8 Å². The number of hydrogen-bond donors (Lipinski definition) is 1. The van der Waals surface area contributed by atoms with Crippen LogP contribution in [0.3, 0.4) is 0 Å². The van der Waals surface area contributed by atoms with Crippen LogP contribution in [0.4, 0.5) is 0 Å². The molecule has 0 aromatic carbocycles. The van der Waals surface area contributed by atoms with Crippen molar-refractivity contribution in [1.29, 1.82) is 0 Å². The maximum atomic E-state index is 11.3. The summed E-state index contributed by atoms with van der Waals surface area (Å²) in [6, 6.07) is 0. The van der Waals surface area contributed by atoms with Crippen LogP contribution in [0.2, 0.25) is 0 Å². The van der Waals surface area contributed by atoms with Crippen molar-refractivity contribution < 1.29 is 5.11 Å². The third-order valence-electron chi connectivity index (χ3n) is 4.26. The molecule has 1 heterocycles. The van der Waals surface area contributed by atoms with Gasteiger partial charge in [-0.3, -0.25) is 4.99 Å². The summed E-state index contributed by atoms with van der Waals surface area (Å²) in [4.78, 5) is 4.88. The zero-order chi connectivity index (χ0) is 15.9. The summed E-state index contributed by atoms with van der Waals surface area (Å²) < 4.78 is 0. The molecule has 1 aliphatic heterocycles. The molecule has 0 saturated heterocycles. The van der Waals surface area contributed by atoms with Crippen LogP contribution in [0.5, 0.6) is 0 Å². The zero-order valence-corrected chi connectivity index (χ0v) is 14.3. The van der Waals surface area contributed by atoms with Gasteiger partial charge in [-0.2, -0.15) is 0 Å². The van der Waals surface area contributed by atoms with Crippen molar-refractivity contribution in [2.45, 2.75) is 60.0 Å². The molecule has 0 amide bonds. The van der Waals surface area contributed by atoms with Crippen LogP contribution in [-0.4, -0.2) is 16.4 Å². The molecular weight excluding hydrogens is 258 g/mol. The van der Waals surface area contributed by atoms with Crippen LogP contribution in [0, 0.1) is 16.7 Å². The quantitative estimate of drug-likeness (QED) is 0.698. The molecule has 0 aromatic heterocycles. The highest BCUT2D eigenvalue weighted by Gasteiger charge is 2.41. The van der Waals surface area contributed by atoms with Gasteiger partial charge in [-0.05, 0) is 12.5 Å². The lowest BCUT2D eigenvalue weighted by Gasteiger charge is -2.40. The highest BCUT2D eigenvalue weighted by Crippen LogP contribution is 2.41. The molecule has 2 nitrogen and oxygen atoms in total. The molecule has 116 valence electrons. The van der Waals surface area contributed by atoms with Gasteiger partial charge in [0.15, 0.2) is 0 Å². The molecule has 0 radical (unpaired) electrons. The van der Waals surface area contributed by atoms with Gasteiger partial charge in [0.2, 0.25) is 0 Å². The monoisotopic (exact) mass is 287 g/mol. The first kappa shape index (κ1) is 16.2. The number of nitrogens with zero attached hydrogens (tertiary/aromatic N) is 1. The molecule has 2 aliphatic rings. The minimum Gasteiger partial charge on any atom is -0.384 e. The number of aliphatic hydroxyl groups is 1. The van der Waals surface area contributed by atoms with Crippen molar-refractivity contribution in [1.82, 2.24) is 0 Å². The van der Waals surface area contributed by atoms with E-state index >= 15 is 0 Å². The Hall–Kier alpha value is -1.15. The number of allylic oxidation sites excluding steroid dienone is 3. The Morgan fingerprint density at radius 1 is 1.05 bits per heavy atom. The average Bonchev–Trinajstić information content (AvgIpc) is 2.37. The van der Waals surface area contributed by atoms with E-state index in [9.17, 15) is 5.11 Å². The SMILES string of the molecule is CC(C)(C)C1=CC(O)(C2C=CCC=C2)CC(C(C)(C)C)=N1. The van der Waals surface area contributed by atoms with E-state index in [4.69, 9.17) is 4.99 Å². The van der Waals surface area contributed by atoms with Crippen molar-refractivity contribution in [2.24, 2.45) is 21.7 Å². The molecule has 1 atom stereocenters. The molecule has 0 spiro atoms. The van der Waals surface area contributed by atoms with Crippen molar-refractivity contribution in [3.05, 3.63) is 36.1 Å². The summed E-state index contributed by atoms with van der Waals surface area (Å²) >= 11 is 0. The van der Waals surface area contributed by atoms with E-state index in [1.807, 2.05) is 6.08 Å². The fraction of sp³-hybridized carbons (Fsp3) is 0.632. The van der Waals surface area contributed by atoms with Gasteiger partial charge in [0.25, 0.3) is 0 Å². The maximum absolute atomic E-state index is 11.3. The second kappa shape index (κ2) is 5.24. The van der Waals surface area contributed by atoms with Crippen LogP contribution < -0.4 is 0 Å². The maximum Gasteiger partial charge on any atom is 0.0997 e. The summed E-state index contributed by atoms with van der Waals surface area (Å²) in [5.74, 6) is 0.0384. The highest BCUT2D eigenvalue weighted by atomic mass is 16.3. The molecule has 1 N–H and O–H groups in total. The number of hydrogen-bond acceptors (Lipinski definition) is 2. The second-order valence-corrected chi connectivity index (χ2v) is 8.37. The first-order valence-electron chi connectivity index (χ1n) is 7.89. The lowest BCUT2D eigenvalue weighted by Crippen LogP contribution is -2.43. The fourth-order valence-electron chi connectivity index (χ4n) is 2.73. The highest BCUT2D eigenvalue weighted by molar-refractivity contribution is 5.92. The Labute approximate surface area is 129 Å². The Bertz CT molecular complexity index is 511. The lowest BCUT2D eigenvalue weighted by atomic mass is 9.72. The van der Waals surface area contributed by atoms with Crippen molar-refractivity contribution in [2.75, 3.05) is 0 Å². The Morgan fingerprint density at radius 2 is 1.62 bits per heavy atom. The van der Waals surface area contributed by atoms with Crippen LogP contribution >= 0.6 is 0 Å². The molecule has 2 heteroatoms. The van der Waals surface area contributed by atoms with E-state index in [-0.39, 0.29) is 16.7 Å². The van der Waals surface area contributed by atoms with Crippen LogP contribution in [0.1, 0.15) is 54.4 Å². The topological polar surface area (TPSA) is 32.6 Å². The number of aliphatic imine (C=N–C) groups is 1. The number of rotatable bonds is 1. The Balaban J connectivity index is 2.47. The van der Waals surface area contributed by atoms with Crippen molar-refractivity contribution >= 4 is 5.71 Å². The lowest BCUT2D eigenvalue weighted by molar-refractivity contribution is 0.0660. The van der Waals surface area contributed by atoms with Gasteiger partial charge in [0.1, 0.15) is 0 Å². The van der Waals surface area contributed by atoms with E-state index in [1.54, 1.807) is 0 Å². The standard InChI is InChI=1S/C19H29NO/c1-17(2,3)15-12-19(21,14-10-8-7-9-11-14)13-16(20-15)18(4,5)6/h8-12,14,21H,7,13H2,1-6H3. The minimum atomic E-state index is -0.861. The molecule has 1 aliphatic carbocycles. The van der Waals surface area contributed by atoms with Crippen LogP contribution in [0.25, 0.3) is 0 Å². The predicted molar refractivity (Wildman–Crippen MR) is 90.4 cm³/mol. The van der Waals surface area contributed by atoms with Gasteiger partial charge < -0.3 is 5.11 Å². The Morgan fingerprint density at radius 3 is 2.10 bits per heavy atom. The first-order valence-corrected chi connectivity index (χ1v) is 7.89. The van der Waals surface area contributed by atoms with E-state index < -0.39 is 5.60 Å². The molecule has 1 unspecified atom stereocenters. The molecule has 0 saturated carbocycles. The molecule has 0 aromatic rings. The van der Waals surface area contributed by atoms with Crippen LogP contribution in [0.15, 0.2) is 41.1 Å². The Kier molecular flexibility index (Phi) is 4.05. The normalized spacial score (nSPS) is 27.6. The van der Waals surface area contributed by atoms with E-state index in [1.165, 1.54) is 0 Å². The van der Waals surface area contributed by atoms with Crippen LogP contribution in [-0.2, 0) is 0 Å². The first-order chi connectivity index (χ1) is 9.52. The summed E-state index contributed by atoms with van der Waals surface area (Å²) in [5, 5.41) is 11.3. The molecular formula is C19H29NO. The predicted octanol–water partition coefficient (Wildman–Crippen LogP) is 4.67. The third-order valence-corrected chi connectivity index (χ3v) is 4.26. The molecule has 2 rings (SSSR count). The van der Waals surface area contributed by atoms with Crippen molar-refractivity contribution in [3.63, 3.8) is 0 Å². The fourth-order valence-corrected chi connectivity index (χ4v) is 2.73. The third kappa shape index (κ3) is 3.55. The van der Waals surface area contributed by atoms with Gasteiger partial charge >= 0.3 is 0 Å². The second-order valence-electron chi connectivity index (χ2n) is 8.37. The van der Waals surface area contributed by atoms with Gasteiger partial charge in [-0.1, -0.05) is 65.8 Å². The van der Waals surface area contributed by atoms with Gasteiger partial charge in [-0.25, -0.2) is 0 Å². The largest absolute Gasteiger partial charge is 0.384 e.